The Hall–Kier alpha value is -2.88. The molecule has 2 aliphatic heterocycles. The number of hydrogen-bond donors (Lipinski definition) is 2. The Balaban J connectivity index is 0.000000427. The summed E-state index contributed by atoms with van der Waals surface area (Å²) in [5.41, 5.74) is 2.78. The fourth-order valence-electron chi connectivity index (χ4n) is 3.92. The highest BCUT2D eigenvalue weighted by Gasteiger charge is 2.18. The van der Waals surface area contributed by atoms with E-state index in [1.807, 2.05) is 0 Å². The van der Waals surface area contributed by atoms with Crippen LogP contribution in [0.15, 0.2) is 48.7 Å². The van der Waals surface area contributed by atoms with Gasteiger partial charge < -0.3 is 24.4 Å². The Kier molecular flexibility index (Phi) is 9.09. The largest absolute Gasteiger partial charge is 0.473 e. The summed E-state index contributed by atoms with van der Waals surface area (Å²) in [6.07, 6.45) is 2.23. The summed E-state index contributed by atoms with van der Waals surface area (Å²) in [5.74, 6) is -3.65. The third-order valence-electron chi connectivity index (χ3n) is 5.75. The van der Waals surface area contributed by atoms with Crippen molar-refractivity contribution in [3.8, 4) is 0 Å². The zero-order valence-electron chi connectivity index (χ0n) is 18.3. The van der Waals surface area contributed by atoms with Gasteiger partial charge in [0.25, 0.3) is 0 Å². The van der Waals surface area contributed by atoms with Gasteiger partial charge in [0.2, 0.25) is 0 Å². The standard InChI is InChI=1S/C21H30N4O.C2H2O4/c1-2-5-20(6-3-1)25-13-10-23(11-14-25)19-21-7-4-8-24(21)12-9-22-15-17-26-18-16-22;3-1(4)2(5)6/h1-8H,9-19H2;(H,3,4)(H,5,6). The molecule has 2 N–H and O–H groups in total. The number of hydrogen-bond acceptors (Lipinski definition) is 6. The van der Waals surface area contributed by atoms with Gasteiger partial charge in [-0.3, -0.25) is 9.80 Å². The summed E-state index contributed by atoms with van der Waals surface area (Å²) in [4.78, 5) is 25.8. The van der Waals surface area contributed by atoms with Gasteiger partial charge in [-0.05, 0) is 24.3 Å². The second-order valence-electron chi connectivity index (χ2n) is 7.86. The van der Waals surface area contributed by atoms with Crippen LogP contribution in [0.5, 0.6) is 0 Å². The molecule has 1 aromatic heterocycles. The third kappa shape index (κ3) is 7.37. The zero-order valence-corrected chi connectivity index (χ0v) is 18.3. The first-order valence-electron chi connectivity index (χ1n) is 11.0. The molecule has 1 aromatic carbocycles. The van der Waals surface area contributed by atoms with Crippen LogP contribution in [-0.4, -0.2) is 95.5 Å². The van der Waals surface area contributed by atoms with Gasteiger partial charge >= 0.3 is 11.9 Å². The van der Waals surface area contributed by atoms with E-state index in [9.17, 15) is 0 Å². The molecule has 32 heavy (non-hydrogen) atoms. The summed E-state index contributed by atoms with van der Waals surface area (Å²) in [5, 5.41) is 14.8. The number of aromatic nitrogens is 1. The van der Waals surface area contributed by atoms with Crippen molar-refractivity contribution in [1.82, 2.24) is 14.4 Å². The van der Waals surface area contributed by atoms with Gasteiger partial charge in [0.15, 0.2) is 0 Å². The number of para-hydroxylation sites is 1. The van der Waals surface area contributed by atoms with Crippen LogP contribution in [-0.2, 0) is 27.4 Å². The fourth-order valence-corrected chi connectivity index (χ4v) is 3.92. The SMILES string of the molecule is O=C(O)C(=O)O.c1ccc(N2CCN(Cc3cccn3CCN3CCOCC3)CC2)cc1. The van der Waals surface area contributed by atoms with Crippen molar-refractivity contribution >= 4 is 17.6 Å². The maximum atomic E-state index is 9.10. The Morgan fingerprint density at radius 2 is 1.44 bits per heavy atom. The lowest BCUT2D eigenvalue weighted by atomic mass is 10.2. The number of aliphatic carboxylic acids is 2. The maximum absolute atomic E-state index is 9.10. The van der Waals surface area contributed by atoms with Crippen LogP contribution in [0, 0.1) is 0 Å². The van der Waals surface area contributed by atoms with Gasteiger partial charge in [-0.1, -0.05) is 18.2 Å². The van der Waals surface area contributed by atoms with Crippen LogP contribution < -0.4 is 4.90 Å². The van der Waals surface area contributed by atoms with Gasteiger partial charge in [-0.15, -0.1) is 0 Å². The molecule has 0 aliphatic carbocycles. The number of carboxylic acid groups (broad SMARTS) is 2. The molecule has 2 aliphatic rings. The Morgan fingerprint density at radius 3 is 2.06 bits per heavy atom. The van der Waals surface area contributed by atoms with Gasteiger partial charge in [0.1, 0.15) is 0 Å². The smallest absolute Gasteiger partial charge is 0.414 e. The van der Waals surface area contributed by atoms with Crippen LogP contribution in [0.4, 0.5) is 5.69 Å². The lowest BCUT2D eigenvalue weighted by Gasteiger charge is -2.36. The lowest BCUT2D eigenvalue weighted by Crippen LogP contribution is -2.46. The first kappa shape index (κ1) is 23.8. The molecule has 0 spiro atoms. The normalized spacial score (nSPS) is 17.4. The van der Waals surface area contributed by atoms with Crippen LogP contribution in [0.25, 0.3) is 0 Å². The highest BCUT2D eigenvalue weighted by Crippen LogP contribution is 2.17. The molecule has 0 unspecified atom stereocenters. The van der Waals surface area contributed by atoms with Crippen molar-refractivity contribution in [3.63, 3.8) is 0 Å². The minimum Gasteiger partial charge on any atom is -0.473 e. The zero-order chi connectivity index (χ0) is 22.8. The fraction of sp³-hybridized carbons (Fsp3) is 0.478. The Morgan fingerprint density at radius 1 is 0.781 bits per heavy atom. The average molecular weight is 445 g/mol. The van der Waals surface area contributed by atoms with E-state index in [-0.39, 0.29) is 0 Å². The summed E-state index contributed by atoms with van der Waals surface area (Å²) >= 11 is 0. The number of morpholine rings is 1. The van der Waals surface area contributed by atoms with Crippen molar-refractivity contribution in [2.75, 3.05) is 63.9 Å². The molecular weight excluding hydrogens is 412 g/mol. The average Bonchev–Trinajstić information content (AvgIpc) is 3.26. The first-order chi connectivity index (χ1) is 15.5. The molecule has 3 heterocycles. The van der Waals surface area contributed by atoms with Gasteiger partial charge in [0.05, 0.1) is 13.2 Å². The van der Waals surface area contributed by atoms with E-state index in [0.29, 0.717) is 0 Å². The van der Waals surface area contributed by atoms with Crippen LogP contribution in [0.3, 0.4) is 0 Å². The second-order valence-corrected chi connectivity index (χ2v) is 7.86. The minimum absolute atomic E-state index is 0.879. The van der Waals surface area contributed by atoms with E-state index in [0.717, 1.165) is 72.1 Å². The predicted octanol–water partition coefficient (Wildman–Crippen LogP) is 1.30. The molecule has 0 bridgehead atoms. The number of ether oxygens (including phenoxy) is 1. The van der Waals surface area contributed by atoms with Gasteiger partial charge in [0, 0.05) is 76.5 Å². The molecule has 174 valence electrons. The van der Waals surface area contributed by atoms with E-state index in [1.165, 1.54) is 11.4 Å². The molecule has 9 heteroatoms. The van der Waals surface area contributed by atoms with Crippen molar-refractivity contribution in [2.45, 2.75) is 13.1 Å². The van der Waals surface area contributed by atoms with E-state index in [1.54, 1.807) is 0 Å². The second kappa shape index (κ2) is 12.2. The maximum Gasteiger partial charge on any atom is 0.414 e. The molecule has 0 amide bonds. The van der Waals surface area contributed by atoms with E-state index >= 15 is 0 Å². The monoisotopic (exact) mass is 444 g/mol. The highest BCUT2D eigenvalue weighted by atomic mass is 16.5. The number of anilines is 1. The molecule has 0 radical (unpaired) electrons. The van der Waals surface area contributed by atoms with Crippen LogP contribution in [0.2, 0.25) is 0 Å². The van der Waals surface area contributed by atoms with Gasteiger partial charge in [-0.2, -0.15) is 0 Å². The van der Waals surface area contributed by atoms with E-state index in [2.05, 4.69) is 67.9 Å². The molecule has 9 nitrogen and oxygen atoms in total. The molecule has 2 aromatic rings. The summed E-state index contributed by atoms with van der Waals surface area (Å²) in [6, 6.07) is 15.2. The number of piperazine rings is 1. The quantitative estimate of drug-likeness (QED) is 0.644. The molecule has 0 atom stereocenters. The van der Waals surface area contributed by atoms with E-state index in [4.69, 9.17) is 24.5 Å². The molecular formula is C23H32N4O5. The van der Waals surface area contributed by atoms with Crippen molar-refractivity contribution < 1.29 is 24.5 Å². The van der Waals surface area contributed by atoms with Crippen LogP contribution in [0.1, 0.15) is 5.69 Å². The van der Waals surface area contributed by atoms with E-state index < -0.39 is 11.9 Å². The van der Waals surface area contributed by atoms with Crippen molar-refractivity contribution in [2.24, 2.45) is 0 Å². The molecule has 2 saturated heterocycles. The Bertz CT molecular complexity index is 831. The third-order valence-corrected chi connectivity index (χ3v) is 5.75. The topological polar surface area (TPSA) is 98.5 Å². The summed E-state index contributed by atoms with van der Waals surface area (Å²) in [7, 11) is 0. The van der Waals surface area contributed by atoms with Crippen molar-refractivity contribution in [1.29, 1.82) is 0 Å². The number of carbonyl (C=O) groups is 2. The summed E-state index contributed by atoms with van der Waals surface area (Å²) in [6.45, 7) is 11.6. The lowest BCUT2D eigenvalue weighted by molar-refractivity contribution is -0.159. The summed E-state index contributed by atoms with van der Waals surface area (Å²) < 4.78 is 7.87. The van der Waals surface area contributed by atoms with Gasteiger partial charge in [-0.25, -0.2) is 9.59 Å². The Labute approximate surface area is 188 Å². The molecule has 4 rings (SSSR count). The minimum atomic E-state index is -1.82. The highest BCUT2D eigenvalue weighted by molar-refractivity contribution is 6.27. The number of nitrogens with zero attached hydrogens (tertiary/aromatic N) is 4. The number of carboxylic acids is 2. The predicted molar refractivity (Wildman–Crippen MR) is 121 cm³/mol. The number of benzene rings is 1. The molecule has 0 saturated carbocycles. The molecule has 2 fully saturated rings. The first-order valence-corrected chi connectivity index (χ1v) is 11.0. The number of rotatable bonds is 6. The van der Waals surface area contributed by atoms with Crippen molar-refractivity contribution in [3.05, 3.63) is 54.4 Å². The van der Waals surface area contributed by atoms with Crippen LogP contribution >= 0.6 is 0 Å².